The number of hydrogen-bond donors (Lipinski definition) is 0. The van der Waals surface area contributed by atoms with E-state index in [0.717, 1.165) is 30.9 Å². The van der Waals surface area contributed by atoms with Crippen LogP contribution in [-0.2, 0) is 16.1 Å². The van der Waals surface area contributed by atoms with Crippen LogP contribution >= 0.6 is 0 Å². The Hall–Kier alpha value is -2.66. The molecule has 29 heavy (non-hydrogen) atoms. The Morgan fingerprint density at radius 3 is 2.38 bits per heavy atom. The van der Waals surface area contributed by atoms with Crippen molar-refractivity contribution in [3.8, 4) is 0 Å². The lowest BCUT2D eigenvalue weighted by Gasteiger charge is -2.35. The first-order valence-corrected chi connectivity index (χ1v) is 10.5. The molecule has 0 bridgehead atoms. The van der Waals surface area contributed by atoms with Crippen LogP contribution in [0.1, 0.15) is 23.1 Å². The van der Waals surface area contributed by atoms with E-state index < -0.39 is 5.92 Å². The Balaban J connectivity index is 1.36. The van der Waals surface area contributed by atoms with Crippen LogP contribution in [0.5, 0.6) is 0 Å². The second-order valence-electron chi connectivity index (χ2n) is 8.14. The Kier molecular flexibility index (Phi) is 5.67. The standard InChI is InChI=1S/C24H29N3O2/c1-18-7-6-10-22(19(18)2)27-12-11-21(24(27)29)23(28)26-15-13-25(14-16-26)17-20-8-4-3-5-9-20/h3-10,21H,11-17H2,1-2H3. The first-order chi connectivity index (χ1) is 14.0. The smallest absolute Gasteiger partial charge is 0.239 e. The van der Waals surface area contributed by atoms with Crippen molar-refractivity contribution in [1.29, 1.82) is 0 Å². The van der Waals surface area contributed by atoms with Gasteiger partial charge in [-0.3, -0.25) is 14.5 Å². The second kappa shape index (κ2) is 8.37. The van der Waals surface area contributed by atoms with Gasteiger partial charge >= 0.3 is 0 Å². The third kappa shape index (κ3) is 4.06. The summed E-state index contributed by atoms with van der Waals surface area (Å²) in [5.41, 5.74) is 4.52. The highest BCUT2D eigenvalue weighted by Crippen LogP contribution is 2.30. The van der Waals surface area contributed by atoms with Gasteiger partial charge in [0.1, 0.15) is 5.92 Å². The summed E-state index contributed by atoms with van der Waals surface area (Å²) in [6.45, 7) is 8.71. The van der Waals surface area contributed by atoms with Crippen LogP contribution in [0, 0.1) is 19.8 Å². The number of carbonyl (C=O) groups excluding carboxylic acids is 2. The maximum absolute atomic E-state index is 13.1. The third-order valence-electron chi connectivity index (χ3n) is 6.30. The van der Waals surface area contributed by atoms with Crippen molar-refractivity contribution >= 4 is 17.5 Å². The number of amides is 2. The molecule has 2 aliphatic rings. The van der Waals surface area contributed by atoms with Crippen molar-refractivity contribution < 1.29 is 9.59 Å². The van der Waals surface area contributed by atoms with E-state index >= 15 is 0 Å². The molecule has 2 fully saturated rings. The normalized spacial score (nSPS) is 20.3. The molecular formula is C24H29N3O2. The minimum Gasteiger partial charge on any atom is -0.339 e. The van der Waals surface area contributed by atoms with Crippen molar-refractivity contribution in [2.24, 2.45) is 5.92 Å². The number of aryl methyl sites for hydroxylation is 1. The van der Waals surface area contributed by atoms with E-state index in [4.69, 9.17) is 0 Å². The van der Waals surface area contributed by atoms with Crippen molar-refractivity contribution in [2.75, 3.05) is 37.6 Å². The molecule has 2 aliphatic heterocycles. The Bertz CT molecular complexity index is 888. The number of carbonyl (C=O) groups is 2. The van der Waals surface area contributed by atoms with Crippen LogP contribution in [0.2, 0.25) is 0 Å². The van der Waals surface area contributed by atoms with Crippen LogP contribution in [0.4, 0.5) is 5.69 Å². The zero-order chi connectivity index (χ0) is 20.4. The molecule has 2 saturated heterocycles. The molecular weight excluding hydrogens is 362 g/mol. The maximum Gasteiger partial charge on any atom is 0.239 e. The van der Waals surface area contributed by atoms with Crippen LogP contribution in [0.25, 0.3) is 0 Å². The van der Waals surface area contributed by atoms with Crippen molar-refractivity contribution in [3.63, 3.8) is 0 Å². The molecule has 0 aliphatic carbocycles. The van der Waals surface area contributed by atoms with E-state index in [1.54, 1.807) is 4.90 Å². The molecule has 2 aromatic rings. The van der Waals surface area contributed by atoms with Gasteiger partial charge in [0.05, 0.1) is 0 Å². The summed E-state index contributed by atoms with van der Waals surface area (Å²) in [4.78, 5) is 32.2. The lowest BCUT2D eigenvalue weighted by Crippen LogP contribution is -2.51. The largest absolute Gasteiger partial charge is 0.339 e. The minimum absolute atomic E-state index is 0.00201. The summed E-state index contributed by atoms with van der Waals surface area (Å²) >= 11 is 0. The van der Waals surface area contributed by atoms with Crippen molar-refractivity contribution in [3.05, 3.63) is 65.2 Å². The lowest BCUT2D eigenvalue weighted by molar-refractivity contribution is -0.141. The highest BCUT2D eigenvalue weighted by molar-refractivity contribution is 6.10. The summed E-state index contributed by atoms with van der Waals surface area (Å²) in [6, 6.07) is 16.4. The van der Waals surface area contributed by atoms with Gasteiger partial charge in [0, 0.05) is 45.0 Å². The summed E-state index contributed by atoms with van der Waals surface area (Å²) in [5, 5.41) is 0. The quantitative estimate of drug-likeness (QED) is 0.753. The molecule has 0 spiro atoms. The van der Waals surface area contributed by atoms with Gasteiger partial charge in [0.2, 0.25) is 11.8 Å². The van der Waals surface area contributed by atoms with E-state index in [-0.39, 0.29) is 11.8 Å². The lowest BCUT2D eigenvalue weighted by atomic mass is 10.1. The summed E-state index contributed by atoms with van der Waals surface area (Å²) in [5.74, 6) is -0.576. The average molecular weight is 392 g/mol. The second-order valence-corrected chi connectivity index (χ2v) is 8.14. The highest BCUT2D eigenvalue weighted by atomic mass is 16.2. The number of benzene rings is 2. The number of anilines is 1. The molecule has 152 valence electrons. The van der Waals surface area contributed by atoms with E-state index in [9.17, 15) is 9.59 Å². The molecule has 1 unspecified atom stereocenters. The van der Waals surface area contributed by atoms with Crippen LogP contribution < -0.4 is 4.90 Å². The molecule has 0 N–H and O–H groups in total. The number of nitrogens with zero attached hydrogens (tertiary/aromatic N) is 3. The fourth-order valence-corrected chi connectivity index (χ4v) is 4.36. The molecule has 1 atom stereocenters. The van der Waals surface area contributed by atoms with Gasteiger partial charge in [-0.1, -0.05) is 42.5 Å². The molecule has 0 saturated carbocycles. The van der Waals surface area contributed by atoms with Crippen LogP contribution in [0.15, 0.2) is 48.5 Å². The fourth-order valence-electron chi connectivity index (χ4n) is 4.36. The van der Waals surface area contributed by atoms with Crippen molar-refractivity contribution in [2.45, 2.75) is 26.8 Å². The zero-order valence-corrected chi connectivity index (χ0v) is 17.3. The SMILES string of the molecule is Cc1cccc(N2CCC(C(=O)N3CCN(Cc4ccccc4)CC3)C2=O)c1C. The van der Waals surface area contributed by atoms with Gasteiger partial charge in [-0.15, -0.1) is 0 Å². The maximum atomic E-state index is 13.1. The molecule has 5 heteroatoms. The van der Waals surface area contributed by atoms with E-state index in [2.05, 4.69) is 42.2 Å². The Labute approximate surface area is 172 Å². The summed E-state index contributed by atoms with van der Waals surface area (Å²) < 4.78 is 0. The first-order valence-electron chi connectivity index (χ1n) is 10.5. The fraction of sp³-hybridized carbons (Fsp3) is 0.417. The summed E-state index contributed by atoms with van der Waals surface area (Å²) in [6.07, 6.45) is 0.606. The van der Waals surface area contributed by atoms with Crippen LogP contribution in [-0.4, -0.2) is 54.3 Å². The predicted molar refractivity (Wildman–Crippen MR) is 115 cm³/mol. The van der Waals surface area contributed by atoms with Gasteiger partial charge in [-0.25, -0.2) is 0 Å². The molecule has 5 nitrogen and oxygen atoms in total. The molecule has 4 rings (SSSR count). The topological polar surface area (TPSA) is 43.9 Å². The van der Waals surface area contributed by atoms with Gasteiger partial charge in [-0.05, 0) is 43.0 Å². The van der Waals surface area contributed by atoms with Gasteiger partial charge in [-0.2, -0.15) is 0 Å². The molecule has 2 heterocycles. The zero-order valence-electron chi connectivity index (χ0n) is 17.3. The van der Waals surface area contributed by atoms with Gasteiger partial charge < -0.3 is 9.80 Å². The van der Waals surface area contributed by atoms with Gasteiger partial charge in [0.25, 0.3) is 0 Å². The number of piperazine rings is 1. The van der Waals surface area contributed by atoms with Crippen LogP contribution in [0.3, 0.4) is 0 Å². The van der Waals surface area contributed by atoms with Crippen molar-refractivity contribution in [1.82, 2.24) is 9.80 Å². The predicted octanol–water partition coefficient (Wildman–Crippen LogP) is 3.00. The first kappa shape index (κ1) is 19.6. The van der Waals surface area contributed by atoms with E-state index in [1.165, 1.54) is 11.1 Å². The molecule has 2 aromatic carbocycles. The average Bonchev–Trinajstić information content (AvgIpc) is 3.12. The van der Waals surface area contributed by atoms with Gasteiger partial charge in [0.15, 0.2) is 0 Å². The Morgan fingerprint density at radius 1 is 0.931 bits per heavy atom. The number of rotatable bonds is 4. The highest BCUT2D eigenvalue weighted by Gasteiger charge is 2.40. The molecule has 2 amide bonds. The number of hydrogen-bond acceptors (Lipinski definition) is 3. The summed E-state index contributed by atoms with van der Waals surface area (Å²) in [7, 11) is 0. The monoisotopic (exact) mass is 391 g/mol. The molecule has 0 radical (unpaired) electrons. The van der Waals surface area contributed by atoms with E-state index in [1.807, 2.05) is 30.0 Å². The third-order valence-corrected chi connectivity index (χ3v) is 6.30. The Morgan fingerprint density at radius 2 is 1.66 bits per heavy atom. The van der Waals surface area contributed by atoms with E-state index in [0.29, 0.717) is 26.1 Å². The molecule has 0 aromatic heterocycles. The minimum atomic E-state index is -0.532.